The van der Waals surface area contributed by atoms with Gasteiger partial charge in [-0.25, -0.2) is 0 Å². The number of imide groups is 1. The van der Waals surface area contributed by atoms with E-state index in [1.807, 2.05) is 0 Å². The molecule has 3 N–H and O–H groups in total. The molecule has 1 fully saturated rings. The first kappa shape index (κ1) is 15.6. The summed E-state index contributed by atoms with van der Waals surface area (Å²) in [5, 5.41) is 2.58. The van der Waals surface area contributed by atoms with Crippen LogP contribution in [0.3, 0.4) is 0 Å². The van der Waals surface area contributed by atoms with Crippen molar-refractivity contribution in [1.29, 1.82) is 0 Å². The SMILES string of the molecule is CN1C(=O)CC(NC(=O)CC(N)CC(C)(C)C)C1=O. The molecule has 1 rings (SSSR count). The van der Waals surface area contributed by atoms with Crippen LogP contribution in [0.2, 0.25) is 0 Å². The standard InChI is InChI=1S/C13H23N3O3/c1-13(2,3)7-8(14)5-10(17)15-9-6-11(18)16(4)12(9)19/h8-9H,5-7,14H2,1-4H3,(H,15,17). The quantitative estimate of drug-likeness (QED) is 0.703. The Morgan fingerprint density at radius 1 is 1.47 bits per heavy atom. The van der Waals surface area contributed by atoms with Crippen LogP contribution in [0.15, 0.2) is 0 Å². The van der Waals surface area contributed by atoms with Crippen LogP contribution >= 0.6 is 0 Å². The Bertz CT molecular complexity index is 387. The average Bonchev–Trinajstić information content (AvgIpc) is 2.43. The summed E-state index contributed by atoms with van der Waals surface area (Å²) >= 11 is 0. The smallest absolute Gasteiger partial charge is 0.252 e. The molecule has 108 valence electrons. The van der Waals surface area contributed by atoms with Crippen LogP contribution in [0.25, 0.3) is 0 Å². The van der Waals surface area contributed by atoms with E-state index in [4.69, 9.17) is 5.73 Å². The van der Waals surface area contributed by atoms with Crippen LogP contribution in [0.4, 0.5) is 0 Å². The van der Waals surface area contributed by atoms with Gasteiger partial charge in [0.1, 0.15) is 6.04 Å². The molecule has 2 atom stereocenters. The van der Waals surface area contributed by atoms with E-state index in [-0.39, 0.29) is 42.0 Å². The number of likely N-dealkylation sites (N-methyl/N-ethyl adjacent to an activating group) is 1. The van der Waals surface area contributed by atoms with Crippen LogP contribution in [0.5, 0.6) is 0 Å². The van der Waals surface area contributed by atoms with Crippen molar-refractivity contribution in [3.05, 3.63) is 0 Å². The molecular weight excluding hydrogens is 246 g/mol. The second kappa shape index (κ2) is 5.69. The van der Waals surface area contributed by atoms with Gasteiger partial charge in [-0.15, -0.1) is 0 Å². The summed E-state index contributed by atoms with van der Waals surface area (Å²) in [5.41, 5.74) is 5.96. The molecule has 0 aromatic carbocycles. The lowest BCUT2D eigenvalue weighted by atomic mass is 9.87. The van der Waals surface area contributed by atoms with Crippen molar-refractivity contribution >= 4 is 17.7 Å². The molecule has 0 radical (unpaired) electrons. The number of hydrogen-bond acceptors (Lipinski definition) is 4. The first-order valence-electron chi connectivity index (χ1n) is 6.45. The zero-order valence-electron chi connectivity index (χ0n) is 12.0. The van der Waals surface area contributed by atoms with Gasteiger partial charge < -0.3 is 11.1 Å². The predicted molar refractivity (Wildman–Crippen MR) is 71.0 cm³/mol. The number of amides is 3. The lowest BCUT2D eigenvalue weighted by molar-refractivity contribution is -0.138. The van der Waals surface area contributed by atoms with Crippen molar-refractivity contribution in [2.24, 2.45) is 11.1 Å². The molecule has 1 heterocycles. The Kier molecular flexibility index (Phi) is 4.68. The van der Waals surface area contributed by atoms with Crippen molar-refractivity contribution in [3.8, 4) is 0 Å². The Balaban J connectivity index is 2.44. The Hall–Kier alpha value is -1.43. The minimum atomic E-state index is -0.730. The summed E-state index contributed by atoms with van der Waals surface area (Å²) in [6.07, 6.45) is 0.923. The number of rotatable bonds is 4. The highest BCUT2D eigenvalue weighted by molar-refractivity contribution is 6.06. The maximum atomic E-state index is 11.8. The molecule has 0 spiro atoms. The fourth-order valence-electron chi connectivity index (χ4n) is 2.22. The van der Waals surface area contributed by atoms with E-state index in [1.165, 1.54) is 7.05 Å². The second-order valence-electron chi connectivity index (χ2n) is 6.34. The Labute approximate surface area is 113 Å². The maximum absolute atomic E-state index is 11.8. The van der Waals surface area contributed by atoms with Gasteiger partial charge in [0.05, 0.1) is 6.42 Å². The zero-order chi connectivity index (χ0) is 14.8. The molecule has 6 heteroatoms. The number of likely N-dealkylation sites (tertiary alicyclic amines) is 1. The summed E-state index contributed by atoms with van der Waals surface area (Å²) in [6, 6.07) is -0.975. The van der Waals surface area contributed by atoms with Gasteiger partial charge in [0.25, 0.3) is 5.91 Å². The molecule has 0 aliphatic carbocycles. The highest BCUT2D eigenvalue weighted by Crippen LogP contribution is 2.21. The van der Waals surface area contributed by atoms with E-state index in [9.17, 15) is 14.4 Å². The third-order valence-electron chi connectivity index (χ3n) is 3.04. The van der Waals surface area contributed by atoms with Crippen LogP contribution in [0, 0.1) is 5.41 Å². The Morgan fingerprint density at radius 3 is 2.47 bits per heavy atom. The lowest BCUT2D eigenvalue weighted by Crippen LogP contribution is -2.43. The van der Waals surface area contributed by atoms with Crippen LogP contribution in [0.1, 0.15) is 40.0 Å². The topological polar surface area (TPSA) is 92.5 Å². The third kappa shape index (κ3) is 4.63. The predicted octanol–water partition coefficient (Wildman–Crippen LogP) is 0.0135. The van der Waals surface area contributed by atoms with Gasteiger partial charge >= 0.3 is 0 Å². The first-order chi connectivity index (χ1) is 8.60. The van der Waals surface area contributed by atoms with Crippen LogP contribution in [-0.2, 0) is 14.4 Å². The van der Waals surface area contributed by atoms with Gasteiger partial charge in [0, 0.05) is 19.5 Å². The summed E-state index contributed by atoms with van der Waals surface area (Å²) in [5.74, 6) is -0.907. The fraction of sp³-hybridized carbons (Fsp3) is 0.769. The molecule has 1 saturated heterocycles. The molecule has 1 aliphatic heterocycles. The van der Waals surface area contributed by atoms with E-state index in [2.05, 4.69) is 26.1 Å². The van der Waals surface area contributed by atoms with Crippen molar-refractivity contribution < 1.29 is 14.4 Å². The molecule has 1 aliphatic rings. The fourth-order valence-corrected chi connectivity index (χ4v) is 2.22. The van der Waals surface area contributed by atoms with Gasteiger partial charge in [-0.1, -0.05) is 20.8 Å². The zero-order valence-corrected chi connectivity index (χ0v) is 12.0. The highest BCUT2D eigenvalue weighted by atomic mass is 16.2. The third-order valence-corrected chi connectivity index (χ3v) is 3.04. The second-order valence-corrected chi connectivity index (χ2v) is 6.34. The lowest BCUT2D eigenvalue weighted by Gasteiger charge is -2.23. The molecule has 2 unspecified atom stereocenters. The number of nitrogens with one attached hydrogen (secondary N) is 1. The van der Waals surface area contributed by atoms with Crippen LogP contribution < -0.4 is 11.1 Å². The minimum absolute atomic E-state index is 0.0373. The molecule has 3 amide bonds. The van der Waals surface area contributed by atoms with Crippen LogP contribution in [-0.4, -0.2) is 41.8 Å². The molecule has 0 aromatic heterocycles. The van der Waals surface area contributed by atoms with Gasteiger partial charge in [0.15, 0.2) is 0 Å². The summed E-state index contributed by atoms with van der Waals surface area (Å²) in [7, 11) is 1.42. The highest BCUT2D eigenvalue weighted by Gasteiger charge is 2.37. The normalized spacial score (nSPS) is 21.7. The van der Waals surface area contributed by atoms with Crippen molar-refractivity contribution in [1.82, 2.24) is 10.2 Å². The van der Waals surface area contributed by atoms with Crippen molar-refractivity contribution in [3.63, 3.8) is 0 Å². The van der Waals surface area contributed by atoms with Crippen molar-refractivity contribution in [2.45, 2.75) is 52.1 Å². The summed E-state index contributed by atoms with van der Waals surface area (Å²) in [6.45, 7) is 6.16. The Morgan fingerprint density at radius 2 is 2.05 bits per heavy atom. The van der Waals surface area contributed by atoms with E-state index in [0.717, 1.165) is 11.3 Å². The number of nitrogens with two attached hydrogens (primary N) is 1. The van der Waals surface area contributed by atoms with E-state index in [0.29, 0.717) is 0 Å². The monoisotopic (exact) mass is 269 g/mol. The molecular formula is C13H23N3O3. The van der Waals surface area contributed by atoms with E-state index >= 15 is 0 Å². The summed E-state index contributed by atoms with van der Waals surface area (Å²) in [4.78, 5) is 35.8. The number of carbonyl (C=O) groups excluding carboxylic acids is 3. The van der Waals surface area contributed by atoms with Gasteiger partial charge in [0.2, 0.25) is 11.8 Å². The largest absolute Gasteiger partial charge is 0.344 e. The average molecular weight is 269 g/mol. The number of hydrogen-bond donors (Lipinski definition) is 2. The molecule has 19 heavy (non-hydrogen) atoms. The van der Waals surface area contributed by atoms with E-state index < -0.39 is 6.04 Å². The molecule has 6 nitrogen and oxygen atoms in total. The van der Waals surface area contributed by atoms with E-state index in [1.54, 1.807) is 0 Å². The summed E-state index contributed by atoms with van der Waals surface area (Å²) < 4.78 is 0. The van der Waals surface area contributed by atoms with Gasteiger partial charge in [-0.3, -0.25) is 19.3 Å². The van der Waals surface area contributed by atoms with Gasteiger partial charge in [-0.05, 0) is 11.8 Å². The number of nitrogens with zero attached hydrogens (tertiary/aromatic N) is 1. The molecule has 0 bridgehead atoms. The van der Waals surface area contributed by atoms with Gasteiger partial charge in [-0.2, -0.15) is 0 Å². The minimum Gasteiger partial charge on any atom is -0.344 e. The van der Waals surface area contributed by atoms with Crippen molar-refractivity contribution in [2.75, 3.05) is 7.05 Å². The maximum Gasteiger partial charge on any atom is 0.252 e. The molecule has 0 aromatic rings. The molecule has 0 saturated carbocycles. The number of carbonyl (C=O) groups is 3. The first-order valence-corrected chi connectivity index (χ1v) is 6.45.